The Bertz CT molecular complexity index is 3170. The third kappa shape index (κ3) is 5.92. The molecule has 0 saturated carbocycles. The largest absolute Gasteiger partial charge is 0.276 e. The Kier molecular flexibility index (Phi) is 8.04. The van der Waals surface area contributed by atoms with Crippen LogP contribution in [0, 0.1) is 0 Å². The van der Waals surface area contributed by atoms with Crippen molar-refractivity contribution >= 4 is 27.8 Å². The second-order valence-electron chi connectivity index (χ2n) is 14.4. The second kappa shape index (κ2) is 14.0. The van der Waals surface area contributed by atoms with Crippen LogP contribution in [-0.4, -0.2) is 28.9 Å². The fourth-order valence-corrected chi connectivity index (χ4v) is 7.88. The molecule has 0 aliphatic heterocycles. The number of aromatic nitrogens is 6. The van der Waals surface area contributed by atoms with E-state index in [0.717, 1.165) is 61.2 Å². The standard InChI is InChI=1S/C52H34N6/c1-5-13-35(14-6-1)37-21-25-39(26-22-37)43-29-31-46-45(33-43)53-52-57(46)48-34-44(40-27-23-38(24-28-40)36-15-7-2-8-16-36)30-32-47(48)58(52)51-55-49(41-17-9-3-10-18-41)54-50(56-51)42-19-11-4-12-20-42/h1-34H. The van der Waals surface area contributed by atoms with E-state index in [0.29, 0.717) is 17.6 Å². The van der Waals surface area contributed by atoms with Crippen molar-refractivity contribution in [2.45, 2.75) is 0 Å². The lowest BCUT2D eigenvalue weighted by molar-refractivity contribution is 0.937. The van der Waals surface area contributed by atoms with Crippen molar-refractivity contribution < 1.29 is 0 Å². The van der Waals surface area contributed by atoms with Crippen LogP contribution in [0.25, 0.3) is 101 Å². The van der Waals surface area contributed by atoms with Crippen molar-refractivity contribution in [3.05, 3.63) is 206 Å². The Morgan fingerprint density at radius 3 is 1.14 bits per heavy atom. The molecule has 0 unspecified atom stereocenters. The summed E-state index contributed by atoms with van der Waals surface area (Å²) in [5, 5.41) is 0. The minimum atomic E-state index is 0.500. The minimum Gasteiger partial charge on any atom is -0.276 e. The highest BCUT2D eigenvalue weighted by molar-refractivity contribution is 5.95. The van der Waals surface area contributed by atoms with Gasteiger partial charge in [0, 0.05) is 11.1 Å². The highest BCUT2D eigenvalue weighted by Crippen LogP contribution is 2.35. The van der Waals surface area contributed by atoms with Crippen LogP contribution in [0.15, 0.2) is 206 Å². The van der Waals surface area contributed by atoms with Crippen molar-refractivity contribution in [1.82, 2.24) is 28.9 Å². The van der Waals surface area contributed by atoms with E-state index in [1.54, 1.807) is 0 Å². The third-order valence-electron chi connectivity index (χ3n) is 10.8. The van der Waals surface area contributed by atoms with Crippen molar-refractivity contribution in [3.8, 4) is 73.2 Å². The van der Waals surface area contributed by atoms with Gasteiger partial charge in [-0.05, 0) is 68.8 Å². The van der Waals surface area contributed by atoms with Gasteiger partial charge in [-0.1, -0.05) is 182 Å². The van der Waals surface area contributed by atoms with E-state index < -0.39 is 0 Å². The van der Waals surface area contributed by atoms with Crippen LogP contribution >= 0.6 is 0 Å². The molecule has 0 amide bonds. The molecule has 0 fully saturated rings. The molecule has 0 saturated heterocycles. The summed E-state index contributed by atoms with van der Waals surface area (Å²) in [6.07, 6.45) is 0. The van der Waals surface area contributed by atoms with Crippen molar-refractivity contribution in [2.75, 3.05) is 0 Å². The van der Waals surface area contributed by atoms with Crippen LogP contribution < -0.4 is 0 Å². The van der Waals surface area contributed by atoms with Crippen LogP contribution in [0.2, 0.25) is 0 Å². The summed E-state index contributed by atoms with van der Waals surface area (Å²) in [6.45, 7) is 0. The molecule has 11 rings (SSSR count). The SMILES string of the molecule is c1ccc(-c2ccc(-c3ccc4c(c3)nc3n(-c5nc(-c6ccccc6)nc(-c6ccccc6)n5)c5ccc(-c6ccc(-c7ccccc7)cc6)cc5n43)cc2)cc1. The van der Waals surface area contributed by atoms with Gasteiger partial charge in [-0.2, -0.15) is 9.97 Å². The zero-order valence-electron chi connectivity index (χ0n) is 31.3. The summed E-state index contributed by atoms with van der Waals surface area (Å²) in [5.41, 5.74) is 14.9. The minimum absolute atomic E-state index is 0.500. The fourth-order valence-electron chi connectivity index (χ4n) is 7.88. The number of benzene rings is 8. The predicted octanol–water partition coefficient (Wildman–Crippen LogP) is 12.6. The lowest BCUT2D eigenvalue weighted by atomic mass is 10.00. The van der Waals surface area contributed by atoms with E-state index in [-0.39, 0.29) is 0 Å². The van der Waals surface area contributed by atoms with Crippen LogP contribution in [0.3, 0.4) is 0 Å². The molecule has 11 aromatic rings. The van der Waals surface area contributed by atoms with Crippen LogP contribution in [0.1, 0.15) is 0 Å². The summed E-state index contributed by atoms with van der Waals surface area (Å²) < 4.78 is 4.31. The molecule has 6 heteroatoms. The number of nitrogens with zero attached hydrogens (tertiary/aromatic N) is 6. The van der Waals surface area contributed by atoms with E-state index in [1.165, 1.54) is 22.3 Å². The first-order valence-corrected chi connectivity index (χ1v) is 19.4. The fraction of sp³-hybridized carbons (Fsp3) is 0. The molecular formula is C52H34N6. The average Bonchev–Trinajstić information content (AvgIpc) is 3.84. The Labute approximate surface area is 335 Å². The molecule has 3 heterocycles. The quantitative estimate of drug-likeness (QED) is 0.163. The van der Waals surface area contributed by atoms with Gasteiger partial charge in [-0.3, -0.25) is 4.40 Å². The van der Waals surface area contributed by atoms with Gasteiger partial charge in [-0.15, -0.1) is 0 Å². The van der Waals surface area contributed by atoms with Gasteiger partial charge in [0.1, 0.15) is 0 Å². The van der Waals surface area contributed by atoms with Crippen LogP contribution in [0.5, 0.6) is 0 Å². The molecular weight excluding hydrogens is 709 g/mol. The number of hydrogen-bond donors (Lipinski definition) is 0. The van der Waals surface area contributed by atoms with E-state index in [2.05, 4.69) is 142 Å². The normalized spacial score (nSPS) is 11.4. The topological polar surface area (TPSA) is 60.9 Å². The van der Waals surface area contributed by atoms with Crippen molar-refractivity contribution in [1.29, 1.82) is 0 Å². The lowest BCUT2D eigenvalue weighted by Gasteiger charge is -2.10. The maximum Gasteiger partial charge on any atom is 0.241 e. The molecule has 58 heavy (non-hydrogen) atoms. The van der Waals surface area contributed by atoms with E-state index >= 15 is 0 Å². The lowest BCUT2D eigenvalue weighted by Crippen LogP contribution is -2.07. The van der Waals surface area contributed by atoms with Crippen LogP contribution in [-0.2, 0) is 0 Å². The smallest absolute Gasteiger partial charge is 0.241 e. The monoisotopic (exact) mass is 742 g/mol. The van der Waals surface area contributed by atoms with Crippen molar-refractivity contribution in [2.24, 2.45) is 0 Å². The summed E-state index contributed by atoms with van der Waals surface area (Å²) >= 11 is 0. The van der Waals surface area contributed by atoms with Gasteiger partial charge >= 0.3 is 0 Å². The Hall–Kier alpha value is -7.96. The second-order valence-corrected chi connectivity index (χ2v) is 14.4. The number of imidazole rings is 2. The molecule has 8 aromatic carbocycles. The highest BCUT2D eigenvalue weighted by atomic mass is 15.3. The molecule has 0 atom stereocenters. The molecule has 272 valence electrons. The van der Waals surface area contributed by atoms with Gasteiger partial charge < -0.3 is 0 Å². The average molecular weight is 743 g/mol. The molecule has 0 radical (unpaired) electrons. The first-order chi connectivity index (χ1) is 28.7. The summed E-state index contributed by atoms with van der Waals surface area (Å²) in [4.78, 5) is 20.6. The number of rotatable bonds is 7. The molecule has 0 N–H and O–H groups in total. The molecule has 0 aliphatic rings. The van der Waals surface area contributed by atoms with Gasteiger partial charge in [-0.25, -0.2) is 14.5 Å². The van der Waals surface area contributed by atoms with Gasteiger partial charge in [0.25, 0.3) is 0 Å². The summed E-state index contributed by atoms with van der Waals surface area (Å²) in [6, 6.07) is 71.8. The maximum atomic E-state index is 5.36. The zero-order valence-corrected chi connectivity index (χ0v) is 31.3. The number of hydrogen-bond acceptors (Lipinski definition) is 4. The molecule has 0 bridgehead atoms. The van der Waals surface area contributed by atoms with E-state index in [9.17, 15) is 0 Å². The summed E-state index contributed by atoms with van der Waals surface area (Å²) in [5.74, 6) is 2.41. The zero-order chi connectivity index (χ0) is 38.4. The molecule has 0 spiro atoms. The summed E-state index contributed by atoms with van der Waals surface area (Å²) in [7, 11) is 0. The third-order valence-corrected chi connectivity index (χ3v) is 10.8. The molecule has 6 nitrogen and oxygen atoms in total. The van der Waals surface area contributed by atoms with E-state index in [1.807, 2.05) is 72.8 Å². The van der Waals surface area contributed by atoms with Crippen molar-refractivity contribution in [3.63, 3.8) is 0 Å². The van der Waals surface area contributed by atoms with Gasteiger partial charge in [0.2, 0.25) is 11.7 Å². The van der Waals surface area contributed by atoms with E-state index in [4.69, 9.17) is 19.9 Å². The van der Waals surface area contributed by atoms with Gasteiger partial charge in [0.15, 0.2) is 11.6 Å². The van der Waals surface area contributed by atoms with Crippen LogP contribution in [0.4, 0.5) is 0 Å². The highest BCUT2D eigenvalue weighted by Gasteiger charge is 2.22. The van der Waals surface area contributed by atoms with Gasteiger partial charge in [0.05, 0.1) is 22.1 Å². The Morgan fingerprint density at radius 2 is 0.655 bits per heavy atom. The molecule has 0 aliphatic carbocycles. The Balaban J connectivity index is 1.11. The number of fused-ring (bicyclic) bond motifs is 5. The predicted molar refractivity (Wildman–Crippen MR) is 236 cm³/mol. The first-order valence-electron chi connectivity index (χ1n) is 19.4. The Morgan fingerprint density at radius 1 is 0.276 bits per heavy atom. The molecule has 3 aromatic heterocycles. The first kappa shape index (κ1) is 33.4. The maximum absolute atomic E-state index is 5.36.